The van der Waals surface area contributed by atoms with Crippen molar-refractivity contribution in [1.82, 2.24) is 14.5 Å². The number of amides is 1. The van der Waals surface area contributed by atoms with Gasteiger partial charge in [0.05, 0.1) is 16.2 Å². The number of nitrogens with one attached hydrogen (secondary N) is 1. The van der Waals surface area contributed by atoms with Crippen LogP contribution < -0.4 is 9.62 Å². The fraction of sp³-hybridized carbons (Fsp3) is 0.353. The van der Waals surface area contributed by atoms with Gasteiger partial charge in [-0.2, -0.15) is 15.1 Å². The van der Waals surface area contributed by atoms with Crippen LogP contribution in [0.1, 0.15) is 24.1 Å². The van der Waals surface area contributed by atoms with Gasteiger partial charge in [0, 0.05) is 19.7 Å². The number of aromatic nitrogens is 2. The van der Waals surface area contributed by atoms with Gasteiger partial charge in [0.25, 0.3) is 0 Å². The predicted molar refractivity (Wildman–Crippen MR) is 94.8 cm³/mol. The summed E-state index contributed by atoms with van der Waals surface area (Å²) >= 11 is 0. The van der Waals surface area contributed by atoms with Gasteiger partial charge in [0.1, 0.15) is 23.7 Å². The van der Waals surface area contributed by atoms with Crippen molar-refractivity contribution in [2.24, 2.45) is 7.05 Å². The first-order valence-electron chi connectivity index (χ1n) is 8.27. The van der Waals surface area contributed by atoms with Crippen LogP contribution in [0.3, 0.4) is 0 Å². The SMILES string of the molecule is Cc1cc(N2CCC[C@H](NS(=O)(=O)c3ccc(F)cc3C#N)C2=O)n(C)n1. The Morgan fingerprint density at radius 3 is 2.74 bits per heavy atom. The summed E-state index contributed by atoms with van der Waals surface area (Å²) in [7, 11) is -2.46. The van der Waals surface area contributed by atoms with Crippen LogP contribution in [0.4, 0.5) is 10.2 Å². The molecule has 0 saturated carbocycles. The summed E-state index contributed by atoms with van der Waals surface area (Å²) in [6.07, 6.45) is 0.923. The topological polar surface area (TPSA) is 108 Å². The standard InChI is InChI=1S/C17H18FN5O3S/c1-11-8-16(22(2)20-11)23-7-3-4-14(17(23)24)21-27(25,26)15-6-5-13(18)9-12(15)10-19/h5-6,8-9,14,21H,3-4,7H2,1-2H3/t14-/m0/s1. The maximum atomic E-state index is 13.3. The number of nitriles is 1. The first-order valence-corrected chi connectivity index (χ1v) is 9.75. The summed E-state index contributed by atoms with van der Waals surface area (Å²) in [4.78, 5) is 14.0. The third-order valence-electron chi connectivity index (χ3n) is 4.34. The van der Waals surface area contributed by atoms with E-state index in [1.165, 1.54) is 4.90 Å². The molecule has 0 aliphatic carbocycles. The molecule has 0 bridgehead atoms. The minimum absolute atomic E-state index is 0.315. The molecule has 2 aromatic rings. The molecule has 3 rings (SSSR count). The molecule has 0 spiro atoms. The number of hydrogen-bond donors (Lipinski definition) is 1. The minimum atomic E-state index is -4.17. The molecule has 8 nitrogen and oxygen atoms in total. The Bertz CT molecular complexity index is 1040. The van der Waals surface area contributed by atoms with E-state index >= 15 is 0 Å². The van der Waals surface area contributed by atoms with Crippen LogP contribution in [-0.4, -0.2) is 36.7 Å². The maximum absolute atomic E-state index is 13.3. The van der Waals surface area contributed by atoms with E-state index in [2.05, 4.69) is 9.82 Å². The Hall–Kier alpha value is -2.77. The van der Waals surface area contributed by atoms with Crippen LogP contribution in [0.2, 0.25) is 0 Å². The Kier molecular flexibility index (Phi) is 4.99. The van der Waals surface area contributed by atoms with Crippen molar-refractivity contribution < 1.29 is 17.6 Å². The van der Waals surface area contributed by atoms with Crippen molar-refractivity contribution in [3.8, 4) is 6.07 Å². The molecule has 1 aliphatic heterocycles. The molecular weight excluding hydrogens is 373 g/mol. The number of anilines is 1. The highest BCUT2D eigenvalue weighted by Crippen LogP contribution is 2.23. The van der Waals surface area contributed by atoms with E-state index in [1.54, 1.807) is 30.8 Å². The highest BCUT2D eigenvalue weighted by atomic mass is 32.2. The molecule has 1 amide bonds. The second kappa shape index (κ2) is 7.09. The normalized spacial score (nSPS) is 17.8. The summed E-state index contributed by atoms with van der Waals surface area (Å²) in [5.74, 6) is -0.522. The summed E-state index contributed by atoms with van der Waals surface area (Å²) < 4.78 is 42.6. The average Bonchev–Trinajstić information content (AvgIpc) is 2.94. The predicted octanol–water partition coefficient (Wildman–Crippen LogP) is 1.21. The number of nitrogens with zero attached hydrogens (tertiary/aromatic N) is 4. The number of hydrogen-bond acceptors (Lipinski definition) is 5. The highest BCUT2D eigenvalue weighted by Gasteiger charge is 2.35. The number of carbonyl (C=O) groups is 1. The lowest BCUT2D eigenvalue weighted by atomic mass is 10.1. The molecule has 0 radical (unpaired) electrons. The van der Waals surface area contributed by atoms with E-state index in [9.17, 15) is 17.6 Å². The van der Waals surface area contributed by atoms with Gasteiger partial charge in [-0.25, -0.2) is 12.8 Å². The number of halogens is 1. The van der Waals surface area contributed by atoms with Crippen molar-refractivity contribution in [1.29, 1.82) is 5.26 Å². The van der Waals surface area contributed by atoms with Crippen molar-refractivity contribution in [3.05, 3.63) is 41.3 Å². The van der Waals surface area contributed by atoms with Gasteiger partial charge in [-0.1, -0.05) is 0 Å². The Balaban J connectivity index is 1.88. The van der Waals surface area contributed by atoms with Gasteiger partial charge < -0.3 is 0 Å². The third-order valence-corrected chi connectivity index (χ3v) is 5.87. The number of carbonyl (C=O) groups excluding carboxylic acids is 1. The molecule has 1 N–H and O–H groups in total. The van der Waals surface area contributed by atoms with E-state index in [0.29, 0.717) is 25.2 Å². The molecule has 0 unspecified atom stereocenters. The lowest BCUT2D eigenvalue weighted by Crippen LogP contribution is -2.52. The quantitative estimate of drug-likeness (QED) is 0.843. The molecule has 1 aromatic heterocycles. The van der Waals surface area contributed by atoms with Gasteiger partial charge in [0.15, 0.2) is 0 Å². The zero-order chi connectivity index (χ0) is 19.8. The second-order valence-electron chi connectivity index (χ2n) is 6.33. The Labute approximate surface area is 156 Å². The van der Waals surface area contributed by atoms with Crippen molar-refractivity contribution in [3.63, 3.8) is 0 Å². The van der Waals surface area contributed by atoms with Crippen LogP contribution >= 0.6 is 0 Å². The minimum Gasteiger partial charge on any atom is -0.296 e. The first-order chi connectivity index (χ1) is 12.7. The second-order valence-corrected chi connectivity index (χ2v) is 8.01. The van der Waals surface area contributed by atoms with E-state index < -0.39 is 27.8 Å². The molecule has 27 heavy (non-hydrogen) atoms. The first kappa shape index (κ1) is 19.0. The molecule has 1 atom stereocenters. The van der Waals surface area contributed by atoms with Gasteiger partial charge in [-0.15, -0.1) is 0 Å². The van der Waals surface area contributed by atoms with Crippen LogP contribution in [0.25, 0.3) is 0 Å². The summed E-state index contributed by atoms with van der Waals surface area (Å²) in [6.45, 7) is 2.26. The molecular formula is C17H18FN5O3S. The monoisotopic (exact) mass is 391 g/mol. The fourth-order valence-electron chi connectivity index (χ4n) is 3.14. The lowest BCUT2D eigenvalue weighted by Gasteiger charge is -2.32. The van der Waals surface area contributed by atoms with Gasteiger partial charge in [0.2, 0.25) is 15.9 Å². The summed E-state index contributed by atoms with van der Waals surface area (Å²) in [5, 5.41) is 13.3. The van der Waals surface area contributed by atoms with Gasteiger partial charge >= 0.3 is 0 Å². The zero-order valence-corrected chi connectivity index (χ0v) is 15.6. The van der Waals surface area contributed by atoms with Crippen molar-refractivity contribution in [2.75, 3.05) is 11.4 Å². The van der Waals surface area contributed by atoms with E-state index in [1.807, 2.05) is 0 Å². The summed E-state index contributed by atoms with van der Waals surface area (Å²) in [5.41, 5.74) is 0.429. The number of sulfonamides is 1. The smallest absolute Gasteiger partial charge is 0.246 e. The van der Waals surface area contributed by atoms with E-state index in [-0.39, 0.29) is 10.5 Å². The zero-order valence-electron chi connectivity index (χ0n) is 14.8. The molecule has 1 aliphatic rings. The van der Waals surface area contributed by atoms with Crippen LogP contribution in [0.5, 0.6) is 0 Å². The molecule has 10 heteroatoms. The van der Waals surface area contributed by atoms with Crippen LogP contribution in [-0.2, 0) is 21.9 Å². The van der Waals surface area contributed by atoms with Gasteiger partial charge in [-0.3, -0.25) is 14.4 Å². The fourth-order valence-corrected chi connectivity index (χ4v) is 4.50. The van der Waals surface area contributed by atoms with Crippen molar-refractivity contribution in [2.45, 2.75) is 30.7 Å². The Morgan fingerprint density at radius 1 is 1.37 bits per heavy atom. The largest absolute Gasteiger partial charge is 0.296 e. The average molecular weight is 391 g/mol. The van der Waals surface area contributed by atoms with Crippen LogP contribution in [0.15, 0.2) is 29.2 Å². The number of piperidine rings is 1. The molecule has 2 heterocycles. The van der Waals surface area contributed by atoms with Gasteiger partial charge in [-0.05, 0) is 38.0 Å². The number of rotatable bonds is 4. The van der Waals surface area contributed by atoms with E-state index in [0.717, 1.165) is 23.9 Å². The lowest BCUT2D eigenvalue weighted by molar-refractivity contribution is -0.121. The molecule has 1 fully saturated rings. The third kappa shape index (κ3) is 3.70. The Morgan fingerprint density at radius 2 is 2.11 bits per heavy atom. The number of aryl methyl sites for hydroxylation is 2. The van der Waals surface area contributed by atoms with E-state index in [4.69, 9.17) is 5.26 Å². The molecule has 1 saturated heterocycles. The maximum Gasteiger partial charge on any atom is 0.246 e. The number of benzene rings is 1. The molecule has 142 valence electrons. The van der Waals surface area contributed by atoms with Crippen molar-refractivity contribution >= 4 is 21.7 Å². The molecule has 1 aromatic carbocycles. The summed E-state index contributed by atoms with van der Waals surface area (Å²) in [6, 6.07) is 5.28. The highest BCUT2D eigenvalue weighted by molar-refractivity contribution is 7.89. The van der Waals surface area contributed by atoms with Crippen LogP contribution in [0, 0.1) is 24.1 Å².